The number of rotatable bonds is 23. The zero-order valence-electron chi connectivity index (χ0n) is 62.7. The summed E-state index contributed by atoms with van der Waals surface area (Å²) in [5.74, 6) is -10.5. The summed E-state index contributed by atoms with van der Waals surface area (Å²) in [7, 11) is 5.79. The number of amides is 7. The van der Waals surface area contributed by atoms with Crippen LogP contribution in [0.5, 0.6) is 11.5 Å². The smallest absolute Gasteiger partial charge is 0.312 e. The zero-order chi connectivity index (χ0) is 77.4. The van der Waals surface area contributed by atoms with Crippen molar-refractivity contribution in [3.63, 3.8) is 0 Å². The lowest BCUT2D eigenvalue weighted by atomic mass is 9.78. The number of carbonyl (C=O) groups is 9. The van der Waals surface area contributed by atoms with Gasteiger partial charge in [0, 0.05) is 154 Å². The fraction of sp³-hybridized carbons (Fsp3) is 0.506. The van der Waals surface area contributed by atoms with Crippen LogP contribution in [0.2, 0.25) is 0 Å². The van der Waals surface area contributed by atoms with Gasteiger partial charge in [0.1, 0.15) is 35.1 Å². The number of aliphatic hydroxyl groups excluding tert-OH is 2. The molecule has 4 aromatic carbocycles. The Kier molecular flexibility index (Phi) is 25.9. The van der Waals surface area contributed by atoms with Crippen molar-refractivity contribution >= 4 is 103 Å². The number of fused-ring (bicyclic) bond motifs is 2. The third kappa shape index (κ3) is 18.2. The average Bonchev–Trinajstić information content (AvgIpc) is 1.47. The minimum Gasteiger partial charge on any atom is -0.505 e. The highest BCUT2D eigenvalue weighted by atomic mass is 16.7. The summed E-state index contributed by atoms with van der Waals surface area (Å²) in [5, 5.41) is 46.5. The first-order chi connectivity index (χ1) is 50.1. The van der Waals surface area contributed by atoms with Gasteiger partial charge in [-0.1, -0.05) is 78.3 Å². The summed E-state index contributed by atoms with van der Waals surface area (Å²) < 4.78 is 31.6. The normalized spacial score (nSPS) is 24.4. The lowest BCUT2D eigenvalue weighted by molar-refractivity contribution is -0.928. The van der Waals surface area contributed by atoms with Crippen LogP contribution in [0.3, 0.4) is 0 Å². The maximum atomic E-state index is 15.1. The maximum absolute atomic E-state index is 15.1. The van der Waals surface area contributed by atoms with Gasteiger partial charge in [-0.3, -0.25) is 48.1 Å². The van der Waals surface area contributed by atoms with E-state index in [0.717, 1.165) is 29.0 Å². The fourth-order valence-corrected chi connectivity index (χ4v) is 14.9. The number of piperidine rings is 1. The van der Waals surface area contributed by atoms with Crippen molar-refractivity contribution in [1.29, 1.82) is 0 Å². The van der Waals surface area contributed by atoms with Gasteiger partial charge in [0.25, 0.3) is 23.5 Å². The molecule has 5 aromatic rings. The summed E-state index contributed by atoms with van der Waals surface area (Å²) in [6.45, 7) is 18.6. The number of allylic oxidation sites excluding steroid dienone is 2. The summed E-state index contributed by atoms with van der Waals surface area (Å²) >= 11 is 0. The SMILES string of the molecule is CO[C@H]1/C=C/O[C@@]2(C)Oc3c(C)c(=O)c4c(O)c(c5oc6cc(N7CCC([N+](C)(C)Cc8ccc(NC(=O)[C@H](CCCNC(N)=O)CC(=O)[C@@H](NC(=O)CCCCCN9C(=O)C=CC9=O)C(C)C)cc8)CC7)ccc6nc5c4c3C2=O)NC(=O)/C(C)=C\C=C\[C@H](C)[C@H](O)[C@@H](C)[C@@H](O)[C@@H](C)[C@H](OC(C)=O)[C@@H]1C. The minimum atomic E-state index is -2.11. The first kappa shape index (κ1) is 80.3. The molecule has 4 aliphatic heterocycles. The zero-order valence-corrected chi connectivity index (χ0v) is 62.7. The van der Waals surface area contributed by atoms with E-state index in [0.29, 0.717) is 61.0 Å². The number of nitrogens with one attached hydrogen (secondary N) is 4. The molecule has 11 atom stereocenters. The van der Waals surface area contributed by atoms with Gasteiger partial charge in [-0.25, -0.2) is 9.78 Å². The van der Waals surface area contributed by atoms with E-state index < -0.39 is 107 Å². The van der Waals surface area contributed by atoms with Gasteiger partial charge in [-0.05, 0) is 75.8 Å². The summed E-state index contributed by atoms with van der Waals surface area (Å²) in [4.78, 5) is 142. The van der Waals surface area contributed by atoms with Crippen molar-refractivity contribution in [1.82, 2.24) is 20.5 Å². The number of ether oxygens (including phenoxy) is 4. The molecular formula is C79H102N9O18+. The van der Waals surface area contributed by atoms with E-state index in [-0.39, 0.29) is 123 Å². The minimum absolute atomic E-state index is 0.0386. The second kappa shape index (κ2) is 34.2. The molecule has 0 spiro atoms. The highest BCUT2D eigenvalue weighted by molar-refractivity contribution is 6.26. The van der Waals surface area contributed by atoms with Crippen LogP contribution in [0.15, 0.2) is 100.0 Å². The van der Waals surface area contributed by atoms with Crippen LogP contribution in [-0.4, -0.2) is 172 Å². The number of urea groups is 1. The number of quaternary nitrogens is 1. The number of aliphatic hydroxyl groups is 2. The molecule has 4 bridgehead atoms. The molecule has 106 heavy (non-hydrogen) atoms. The third-order valence-electron chi connectivity index (χ3n) is 21.3. The predicted octanol–water partition coefficient (Wildman–Crippen LogP) is 8.83. The number of hydrogen-bond donors (Lipinski definition) is 8. The fourth-order valence-electron chi connectivity index (χ4n) is 14.9. The predicted molar refractivity (Wildman–Crippen MR) is 399 cm³/mol. The number of benzene rings is 4. The molecule has 570 valence electrons. The van der Waals surface area contributed by atoms with Crippen molar-refractivity contribution in [3.8, 4) is 11.5 Å². The Bertz CT molecular complexity index is 4360. The maximum Gasteiger partial charge on any atom is 0.312 e. The van der Waals surface area contributed by atoms with Gasteiger partial charge in [-0.15, -0.1) is 0 Å². The number of anilines is 3. The molecule has 0 unspecified atom stereocenters. The highest BCUT2D eigenvalue weighted by Gasteiger charge is 2.50. The number of nitrogens with two attached hydrogens (primary N) is 1. The largest absolute Gasteiger partial charge is 0.505 e. The molecule has 1 aromatic heterocycles. The number of phenolic OH excluding ortho intramolecular Hbond substituents is 1. The van der Waals surface area contributed by atoms with Crippen molar-refractivity contribution in [3.05, 3.63) is 118 Å². The van der Waals surface area contributed by atoms with Crippen LogP contribution < -0.4 is 42.1 Å². The second-order valence-corrected chi connectivity index (χ2v) is 29.8. The van der Waals surface area contributed by atoms with Crippen molar-refractivity contribution < 1.29 is 86.3 Å². The quantitative estimate of drug-likeness (QED) is 0.00575. The Morgan fingerprint density at radius 3 is 2.22 bits per heavy atom. The number of nitrogens with zero attached hydrogens (tertiary/aromatic N) is 4. The molecule has 0 radical (unpaired) electrons. The topological polar surface area (TPSA) is 375 Å². The van der Waals surface area contributed by atoms with Crippen LogP contribution >= 0.6 is 0 Å². The monoisotopic (exact) mass is 1460 g/mol. The van der Waals surface area contributed by atoms with Crippen LogP contribution in [0.1, 0.15) is 142 Å². The summed E-state index contributed by atoms with van der Waals surface area (Å²) in [5.41, 5.74) is 6.99. The van der Waals surface area contributed by atoms with Crippen LogP contribution in [0, 0.1) is 42.4 Å². The number of Topliss-reactive ketones (excluding diaryl/α,β-unsaturated/α-hetero) is 2. The van der Waals surface area contributed by atoms with E-state index in [9.17, 15) is 58.5 Å². The molecule has 27 nitrogen and oxygen atoms in total. The Hall–Kier alpha value is -9.83. The van der Waals surface area contributed by atoms with E-state index in [4.69, 9.17) is 34.1 Å². The number of carbonyl (C=O) groups excluding carboxylic acids is 9. The molecule has 0 aliphatic carbocycles. The highest BCUT2D eigenvalue weighted by Crippen LogP contribution is 2.49. The molecule has 7 amide bonds. The molecule has 0 saturated carbocycles. The number of phenols is 1. The third-order valence-corrected chi connectivity index (χ3v) is 21.3. The molecule has 9 rings (SSSR count). The van der Waals surface area contributed by atoms with Crippen molar-refractivity contribution in [2.45, 2.75) is 176 Å². The number of esters is 1. The molecule has 27 heteroatoms. The Morgan fingerprint density at radius 1 is 0.877 bits per heavy atom. The van der Waals surface area contributed by atoms with E-state index in [1.165, 1.54) is 65.4 Å². The molecule has 5 heterocycles. The van der Waals surface area contributed by atoms with E-state index in [1.807, 2.05) is 50.2 Å². The van der Waals surface area contributed by atoms with E-state index >= 15 is 4.79 Å². The average molecular weight is 1470 g/mol. The number of aromatic nitrogens is 1. The number of unbranched alkanes of at least 4 members (excludes halogenated alkanes) is 2. The Labute approximate surface area is 616 Å². The van der Waals surface area contributed by atoms with Gasteiger partial charge in [0.15, 0.2) is 28.1 Å². The number of ketones is 2. The van der Waals surface area contributed by atoms with Crippen molar-refractivity contribution in [2.24, 2.45) is 41.2 Å². The lowest BCUT2D eigenvalue weighted by Gasteiger charge is -2.43. The van der Waals surface area contributed by atoms with Gasteiger partial charge in [0.05, 0.1) is 61.7 Å². The molecular weight excluding hydrogens is 1360 g/mol. The van der Waals surface area contributed by atoms with Gasteiger partial charge < -0.3 is 75.1 Å². The van der Waals surface area contributed by atoms with Crippen LogP contribution in [0.25, 0.3) is 33.0 Å². The standard InChI is InChI=1S/C79H101N9O18/c1-42(2)65(84-59(91)22-15-14-16-35-87-60(92)29-30-61(87)93)56(90)39-51(21-18-34-81-78(80)101)77(100)82-52-25-23-50(24-26-52)41-88(11,12)54-31-36-86(37-32-54)53-27-28-55-58(40-53)105-74-66(83-55)62-63-70(96)48(8)73-64(62)75(98)79(10,106-73)103-38-33-57(102-13)45(5)72(104-49(9)89)47(7)69(95)46(6)68(94)43(3)19-17-20-44(4)76(99)85-67(74)71(63)97/h17,19-20,23-30,33,38,40,42-43,45-47,51,54,57,65,68-69,72,94-95H,14-16,18,21-22,31-32,34-37,39,41H2,1-13H3,(H6-,80,81,82,83,84,85,91,96,97,98,99,100,101)/p+1/b19-17+,38-33+,44-20-/t43-,45+,46+,47+,51+,57-,65-,68-,69+,72+,79-/m0/s1. The van der Waals surface area contributed by atoms with Crippen LogP contribution in [0.4, 0.5) is 21.9 Å². The Morgan fingerprint density at radius 2 is 1.57 bits per heavy atom. The van der Waals surface area contributed by atoms with Gasteiger partial charge >= 0.3 is 17.8 Å². The number of imide groups is 1. The number of hydrogen-bond acceptors (Lipinski definition) is 20. The summed E-state index contributed by atoms with van der Waals surface area (Å²) in [6, 6.07) is 11.7. The van der Waals surface area contributed by atoms with E-state index in [2.05, 4.69) is 40.3 Å². The summed E-state index contributed by atoms with van der Waals surface area (Å²) in [6.07, 6.45) is 9.63. The number of methoxy groups -OCH3 is 1. The first-order valence-electron chi connectivity index (χ1n) is 36.4. The van der Waals surface area contributed by atoms with Gasteiger partial charge in [-0.2, -0.15) is 0 Å². The Balaban J connectivity index is 0.921. The molecule has 9 N–H and O–H groups in total. The first-order valence-corrected chi connectivity index (χ1v) is 36.4. The molecule has 1 saturated heterocycles. The van der Waals surface area contributed by atoms with Gasteiger partial charge in [0.2, 0.25) is 11.8 Å². The van der Waals surface area contributed by atoms with Crippen LogP contribution in [-0.2, 0) is 54.3 Å². The lowest BCUT2D eigenvalue weighted by Crippen LogP contribution is -2.53. The molecule has 1 fully saturated rings. The number of aromatic hydroxyl groups is 1. The molecule has 4 aliphatic rings. The second-order valence-electron chi connectivity index (χ2n) is 29.8. The van der Waals surface area contributed by atoms with Crippen molar-refractivity contribution in [2.75, 3.05) is 62.9 Å². The number of primary amides is 1. The van der Waals surface area contributed by atoms with E-state index in [1.54, 1.807) is 45.9 Å².